The van der Waals surface area contributed by atoms with Crippen molar-refractivity contribution >= 4 is 17.6 Å². The molecule has 4 rings (SSSR count). The van der Waals surface area contributed by atoms with E-state index in [1.165, 1.54) is 0 Å². The number of aliphatic hydroxyl groups is 1. The van der Waals surface area contributed by atoms with Gasteiger partial charge >= 0.3 is 6.03 Å². The number of nitrogens with one attached hydrogen (secondary N) is 1. The number of urea groups is 1. The number of carbonyl (C=O) groups excluding carboxylic acids is 2. The van der Waals surface area contributed by atoms with Crippen LogP contribution in [0.3, 0.4) is 0 Å². The third-order valence-electron chi connectivity index (χ3n) is 6.33. The number of carbonyl (C=O) groups is 2. The van der Waals surface area contributed by atoms with Crippen molar-refractivity contribution in [2.24, 2.45) is 0 Å². The molecule has 0 aromatic heterocycles. The standard InChI is InChI=1S/C23H28N4O3/c1-25(2)23(18-8-4-3-5-9-18)11-13-26(16-20(23)28)21(29)17-7-6-10-19(15-17)27-14-12-24-22(27)30/h3-10,15,20,28H,11-14,16H2,1-2H3,(H,24,30)/t20-,23+/m1/s1. The highest BCUT2D eigenvalue weighted by atomic mass is 16.3. The van der Waals surface area contributed by atoms with E-state index < -0.39 is 11.6 Å². The van der Waals surface area contributed by atoms with Crippen LogP contribution in [0.25, 0.3) is 0 Å². The number of aliphatic hydroxyl groups excluding tert-OH is 1. The first-order chi connectivity index (χ1) is 14.4. The fraction of sp³-hybridized carbons (Fsp3) is 0.391. The number of likely N-dealkylation sites (N-methyl/N-ethyl adjacent to an activating group) is 1. The molecule has 2 saturated heterocycles. The number of β-amino-alcohol motifs (C(OH)–C–C–N with tert-alkyl or cyclic N) is 1. The summed E-state index contributed by atoms with van der Waals surface area (Å²) in [6, 6.07) is 17.0. The van der Waals surface area contributed by atoms with Crippen LogP contribution in [0.2, 0.25) is 0 Å². The second kappa shape index (κ2) is 8.08. The second-order valence-electron chi connectivity index (χ2n) is 8.14. The Bertz CT molecular complexity index is 933. The zero-order valence-electron chi connectivity index (χ0n) is 17.4. The van der Waals surface area contributed by atoms with Crippen LogP contribution in [0.5, 0.6) is 0 Å². The average Bonchev–Trinajstić information content (AvgIpc) is 3.19. The highest BCUT2D eigenvalue weighted by Crippen LogP contribution is 2.38. The molecule has 7 nitrogen and oxygen atoms in total. The largest absolute Gasteiger partial charge is 0.389 e. The highest BCUT2D eigenvalue weighted by Gasteiger charge is 2.46. The average molecular weight is 409 g/mol. The Hall–Kier alpha value is -2.90. The summed E-state index contributed by atoms with van der Waals surface area (Å²) in [7, 11) is 3.94. The van der Waals surface area contributed by atoms with Crippen molar-refractivity contribution in [2.75, 3.05) is 45.2 Å². The van der Waals surface area contributed by atoms with Crippen LogP contribution in [-0.4, -0.2) is 73.2 Å². The van der Waals surface area contributed by atoms with Gasteiger partial charge in [-0.2, -0.15) is 0 Å². The molecular formula is C23H28N4O3. The summed E-state index contributed by atoms with van der Waals surface area (Å²) in [5, 5.41) is 13.9. The Kier molecular flexibility index (Phi) is 5.49. The molecule has 2 aromatic rings. The molecule has 2 N–H and O–H groups in total. The van der Waals surface area contributed by atoms with Gasteiger partial charge in [-0.1, -0.05) is 36.4 Å². The van der Waals surface area contributed by atoms with Crippen LogP contribution in [-0.2, 0) is 5.54 Å². The maximum absolute atomic E-state index is 13.2. The number of piperidine rings is 1. The van der Waals surface area contributed by atoms with Gasteiger partial charge in [0, 0.05) is 37.4 Å². The number of nitrogens with zero attached hydrogens (tertiary/aromatic N) is 3. The van der Waals surface area contributed by atoms with Gasteiger partial charge < -0.3 is 15.3 Å². The first kappa shape index (κ1) is 20.4. The Morgan fingerprint density at radius 3 is 2.53 bits per heavy atom. The van der Waals surface area contributed by atoms with Crippen molar-refractivity contribution in [3.8, 4) is 0 Å². The topological polar surface area (TPSA) is 76.1 Å². The lowest BCUT2D eigenvalue weighted by Gasteiger charge is -2.49. The first-order valence-electron chi connectivity index (χ1n) is 10.3. The summed E-state index contributed by atoms with van der Waals surface area (Å²) >= 11 is 0. The van der Waals surface area contributed by atoms with Gasteiger partial charge in [-0.25, -0.2) is 4.79 Å². The summed E-state index contributed by atoms with van der Waals surface area (Å²) in [4.78, 5) is 30.5. The molecule has 0 aliphatic carbocycles. The van der Waals surface area contributed by atoms with Gasteiger partial charge in [0.2, 0.25) is 0 Å². The quantitative estimate of drug-likeness (QED) is 0.810. The molecule has 2 aliphatic rings. The smallest absolute Gasteiger partial charge is 0.321 e. The van der Waals surface area contributed by atoms with E-state index in [-0.39, 0.29) is 18.5 Å². The molecule has 3 amide bonds. The number of hydrogen-bond acceptors (Lipinski definition) is 4. The molecule has 2 fully saturated rings. The Balaban J connectivity index is 1.55. The molecule has 0 radical (unpaired) electrons. The molecule has 30 heavy (non-hydrogen) atoms. The van der Waals surface area contributed by atoms with Gasteiger partial charge in [-0.15, -0.1) is 0 Å². The van der Waals surface area contributed by atoms with Crippen LogP contribution < -0.4 is 10.2 Å². The van der Waals surface area contributed by atoms with Gasteiger partial charge in [0.1, 0.15) is 0 Å². The summed E-state index contributed by atoms with van der Waals surface area (Å²) in [5.41, 5.74) is 1.75. The monoisotopic (exact) mass is 408 g/mol. The fourth-order valence-corrected chi connectivity index (χ4v) is 4.66. The highest BCUT2D eigenvalue weighted by molar-refractivity contribution is 5.98. The van der Waals surface area contributed by atoms with Crippen molar-refractivity contribution in [3.63, 3.8) is 0 Å². The van der Waals surface area contributed by atoms with E-state index >= 15 is 0 Å². The van der Waals surface area contributed by atoms with E-state index in [4.69, 9.17) is 0 Å². The predicted octanol–water partition coefficient (Wildman–Crippen LogP) is 1.88. The number of hydrogen-bond donors (Lipinski definition) is 2. The predicted molar refractivity (Wildman–Crippen MR) is 116 cm³/mol. The minimum absolute atomic E-state index is 0.129. The van der Waals surface area contributed by atoms with E-state index in [0.717, 1.165) is 5.56 Å². The second-order valence-corrected chi connectivity index (χ2v) is 8.14. The summed E-state index contributed by atoms with van der Waals surface area (Å²) < 4.78 is 0. The van der Waals surface area contributed by atoms with Crippen LogP contribution >= 0.6 is 0 Å². The molecule has 2 aliphatic heterocycles. The van der Waals surface area contributed by atoms with Crippen molar-refractivity contribution < 1.29 is 14.7 Å². The number of likely N-dealkylation sites (tertiary alicyclic amines) is 1. The minimum atomic E-state index is -0.722. The third-order valence-corrected chi connectivity index (χ3v) is 6.33. The van der Waals surface area contributed by atoms with Crippen molar-refractivity contribution in [3.05, 3.63) is 65.7 Å². The third kappa shape index (κ3) is 3.44. The number of amides is 3. The Labute approximate surface area is 176 Å². The fourth-order valence-electron chi connectivity index (χ4n) is 4.66. The summed E-state index contributed by atoms with van der Waals surface area (Å²) in [6.07, 6.45) is -0.0920. The summed E-state index contributed by atoms with van der Waals surface area (Å²) in [6.45, 7) is 1.97. The maximum atomic E-state index is 13.2. The van der Waals surface area contributed by atoms with Crippen LogP contribution in [0.15, 0.2) is 54.6 Å². The van der Waals surface area contributed by atoms with Crippen molar-refractivity contribution in [1.29, 1.82) is 0 Å². The van der Waals surface area contributed by atoms with E-state index in [1.807, 2.05) is 50.5 Å². The van der Waals surface area contributed by atoms with Gasteiger partial charge in [-0.3, -0.25) is 14.6 Å². The number of benzene rings is 2. The minimum Gasteiger partial charge on any atom is -0.389 e. The summed E-state index contributed by atoms with van der Waals surface area (Å²) in [5.74, 6) is -0.129. The molecule has 7 heteroatoms. The molecule has 158 valence electrons. The molecule has 2 aromatic carbocycles. The molecule has 2 heterocycles. The van der Waals surface area contributed by atoms with Gasteiger partial charge in [-0.05, 0) is 44.3 Å². The lowest BCUT2D eigenvalue weighted by atomic mass is 9.77. The maximum Gasteiger partial charge on any atom is 0.321 e. The van der Waals surface area contributed by atoms with Crippen LogP contribution in [0.1, 0.15) is 22.3 Å². The molecular weight excluding hydrogens is 380 g/mol. The zero-order valence-corrected chi connectivity index (χ0v) is 17.4. The normalized spacial score (nSPS) is 24.3. The molecule has 0 spiro atoms. The molecule has 2 atom stereocenters. The van der Waals surface area contributed by atoms with Crippen LogP contribution in [0, 0.1) is 0 Å². The first-order valence-corrected chi connectivity index (χ1v) is 10.3. The molecule has 0 bridgehead atoms. The van der Waals surface area contributed by atoms with Gasteiger partial charge in [0.15, 0.2) is 0 Å². The number of anilines is 1. The molecule has 0 unspecified atom stereocenters. The van der Waals surface area contributed by atoms with E-state index in [1.54, 1.807) is 28.0 Å². The zero-order chi connectivity index (χ0) is 21.3. The Morgan fingerprint density at radius 2 is 1.90 bits per heavy atom. The Morgan fingerprint density at radius 1 is 1.13 bits per heavy atom. The lowest BCUT2D eigenvalue weighted by molar-refractivity contribution is -0.0612. The van der Waals surface area contributed by atoms with E-state index in [9.17, 15) is 14.7 Å². The number of rotatable bonds is 4. The van der Waals surface area contributed by atoms with Crippen molar-refractivity contribution in [1.82, 2.24) is 15.1 Å². The van der Waals surface area contributed by atoms with Gasteiger partial charge in [0.05, 0.1) is 11.6 Å². The van der Waals surface area contributed by atoms with Crippen molar-refractivity contribution in [2.45, 2.75) is 18.1 Å². The van der Waals surface area contributed by atoms with Gasteiger partial charge in [0.25, 0.3) is 5.91 Å². The van der Waals surface area contributed by atoms with E-state index in [2.05, 4.69) is 10.2 Å². The lowest BCUT2D eigenvalue weighted by Crippen LogP contribution is -2.60. The van der Waals surface area contributed by atoms with Crippen LogP contribution in [0.4, 0.5) is 10.5 Å². The molecule has 0 saturated carbocycles. The SMILES string of the molecule is CN(C)[C@]1(c2ccccc2)CCN(C(=O)c2cccc(N3CCNC3=O)c2)C[C@H]1O. The van der Waals surface area contributed by atoms with E-state index in [0.29, 0.717) is 37.3 Å².